The third-order valence-corrected chi connectivity index (χ3v) is 1.89. The Bertz CT molecular complexity index is 354. The van der Waals surface area contributed by atoms with Gasteiger partial charge >= 0.3 is 6.01 Å². The van der Waals surface area contributed by atoms with Gasteiger partial charge in [0.05, 0.1) is 6.10 Å². The van der Waals surface area contributed by atoms with Crippen molar-refractivity contribution in [3.63, 3.8) is 0 Å². The van der Waals surface area contributed by atoms with Crippen LogP contribution in [0, 0.1) is 0 Å². The van der Waals surface area contributed by atoms with Gasteiger partial charge in [-0.3, -0.25) is 0 Å². The number of rotatable bonds is 4. The molecule has 1 aromatic heterocycles. The Morgan fingerprint density at radius 2 is 2.47 bits per heavy atom. The van der Waals surface area contributed by atoms with Gasteiger partial charge in [-0.1, -0.05) is 12.1 Å². The van der Waals surface area contributed by atoms with Gasteiger partial charge in [0.25, 0.3) is 0 Å². The lowest BCUT2D eigenvalue weighted by molar-refractivity contribution is 0.199. The molecule has 1 aromatic rings. The minimum atomic E-state index is -0.0635. The second-order valence-electron chi connectivity index (χ2n) is 3.05. The van der Waals surface area contributed by atoms with Crippen molar-refractivity contribution in [3.05, 3.63) is 18.0 Å². The smallest absolute Gasteiger partial charge is 0.317 e. The maximum absolute atomic E-state index is 8.47. The first-order chi connectivity index (χ1) is 7.17. The van der Waals surface area contributed by atoms with E-state index >= 15 is 0 Å². The van der Waals surface area contributed by atoms with Crippen LogP contribution >= 0.6 is 0 Å². The summed E-state index contributed by atoms with van der Waals surface area (Å²) in [4.78, 5) is 7.90. The maximum Gasteiger partial charge on any atom is 0.317 e. The van der Waals surface area contributed by atoms with Crippen molar-refractivity contribution in [3.8, 4) is 6.01 Å². The monoisotopic (exact) mass is 210 g/mol. The van der Waals surface area contributed by atoms with Crippen molar-refractivity contribution in [2.75, 3.05) is 0 Å². The van der Waals surface area contributed by atoms with Crippen molar-refractivity contribution in [1.29, 1.82) is 0 Å². The van der Waals surface area contributed by atoms with E-state index in [0.717, 1.165) is 6.42 Å². The largest absolute Gasteiger partial charge is 0.460 e. The highest BCUT2D eigenvalue weighted by molar-refractivity contribution is 5.95. The van der Waals surface area contributed by atoms with Crippen LogP contribution in [0.4, 0.5) is 0 Å². The molecular formula is C9H14N4O2. The summed E-state index contributed by atoms with van der Waals surface area (Å²) in [7, 11) is 0. The van der Waals surface area contributed by atoms with E-state index in [4.69, 9.17) is 15.7 Å². The van der Waals surface area contributed by atoms with E-state index in [1.807, 2.05) is 13.8 Å². The van der Waals surface area contributed by atoms with Crippen molar-refractivity contribution in [1.82, 2.24) is 9.97 Å². The molecule has 0 spiro atoms. The number of aromatic nitrogens is 2. The SMILES string of the molecule is CCC(C)Oc1nccc(/C(N)=N/O)n1. The van der Waals surface area contributed by atoms with Crippen LogP contribution in [0.2, 0.25) is 0 Å². The molecule has 15 heavy (non-hydrogen) atoms. The molecule has 0 aliphatic carbocycles. The molecule has 6 heteroatoms. The standard InChI is InChI=1S/C9H14N4O2/c1-3-6(2)15-9-11-5-4-7(12-9)8(10)13-14/h4-6,14H,3H2,1-2H3,(H2,10,13). The lowest BCUT2D eigenvalue weighted by atomic mass is 10.3. The predicted molar refractivity (Wildman–Crippen MR) is 54.9 cm³/mol. The highest BCUT2D eigenvalue weighted by Gasteiger charge is 2.07. The summed E-state index contributed by atoms with van der Waals surface area (Å²) in [5, 5.41) is 11.3. The summed E-state index contributed by atoms with van der Waals surface area (Å²) in [6.45, 7) is 3.91. The number of hydrogen-bond acceptors (Lipinski definition) is 5. The highest BCUT2D eigenvalue weighted by atomic mass is 16.5. The minimum Gasteiger partial charge on any atom is -0.460 e. The Balaban J connectivity index is 2.83. The Hall–Kier alpha value is -1.85. The molecule has 0 saturated carbocycles. The van der Waals surface area contributed by atoms with Gasteiger partial charge in [-0.25, -0.2) is 4.98 Å². The Morgan fingerprint density at radius 1 is 1.73 bits per heavy atom. The molecule has 0 amide bonds. The second kappa shape index (κ2) is 5.14. The van der Waals surface area contributed by atoms with Gasteiger partial charge in [0.15, 0.2) is 5.84 Å². The molecule has 1 atom stereocenters. The summed E-state index contributed by atoms with van der Waals surface area (Å²) in [6.07, 6.45) is 2.39. The molecule has 0 aromatic carbocycles. The number of ether oxygens (including phenoxy) is 1. The van der Waals surface area contributed by atoms with Crippen molar-refractivity contribution in [2.45, 2.75) is 26.4 Å². The Kier molecular flexibility index (Phi) is 3.84. The molecule has 3 N–H and O–H groups in total. The first-order valence-electron chi connectivity index (χ1n) is 4.65. The van der Waals surface area contributed by atoms with Crippen molar-refractivity contribution >= 4 is 5.84 Å². The summed E-state index contributed by atoms with van der Waals surface area (Å²) >= 11 is 0. The van der Waals surface area contributed by atoms with Crippen LogP contribution in [0.15, 0.2) is 17.4 Å². The fourth-order valence-corrected chi connectivity index (χ4v) is 0.855. The molecule has 82 valence electrons. The van der Waals surface area contributed by atoms with Gasteiger partial charge in [0.1, 0.15) is 5.69 Å². The molecule has 1 rings (SSSR count). The second-order valence-corrected chi connectivity index (χ2v) is 3.05. The highest BCUT2D eigenvalue weighted by Crippen LogP contribution is 2.06. The van der Waals surface area contributed by atoms with E-state index in [1.165, 1.54) is 6.20 Å². The number of nitrogens with two attached hydrogens (primary N) is 1. The number of oxime groups is 1. The van der Waals surface area contributed by atoms with E-state index in [9.17, 15) is 0 Å². The zero-order valence-corrected chi connectivity index (χ0v) is 8.71. The minimum absolute atomic E-state index is 0.0348. The molecule has 0 radical (unpaired) electrons. The van der Waals surface area contributed by atoms with E-state index in [0.29, 0.717) is 5.69 Å². The molecule has 0 fully saturated rings. The molecule has 1 unspecified atom stereocenters. The zero-order chi connectivity index (χ0) is 11.3. The zero-order valence-electron chi connectivity index (χ0n) is 8.71. The topological polar surface area (TPSA) is 93.6 Å². The third kappa shape index (κ3) is 3.08. The summed E-state index contributed by atoms with van der Waals surface area (Å²) in [6, 6.07) is 1.77. The first-order valence-corrected chi connectivity index (χ1v) is 4.65. The van der Waals surface area contributed by atoms with Gasteiger partial charge in [-0.15, -0.1) is 0 Å². The third-order valence-electron chi connectivity index (χ3n) is 1.89. The summed E-state index contributed by atoms with van der Waals surface area (Å²) < 4.78 is 5.38. The Labute approximate surface area is 87.8 Å². The van der Waals surface area contributed by atoms with Crippen molar-refractivity contribution in [2.24, 2.45) is 10.9 Å². The molecule has 0 bridgehead atoms. The fraction of sp³-hybridized carbons (Fsp3) is 0.444. The molecule has 0 aliphatic heterocycles. The van der Waals surface area contributed by atoms with Crippen LogP contribution in [-0.2, 0) is 0 Å². The van der Waals surface area contributed by atoms with Gasteiger partial charge in [0.2, 0.25) is 0 Å². The molecule has 6 nitrogen and oxygen atoms in total. The van der Waals surface area contributed by atoms with Gasteiger partial charge in [-0.05, 0) is 19.4 Å². The molecule has 1 heterocycles. The normalized spacial score (nSPS) is 13.6. The maximum atomic E-state index is 8.47. The average Bonchev–Trinajstić information content (AvgIpc) is 2.28. The fourth-order valence-electron chi connectivity index (χ4n) is 0.855. The van der Waals surface area contributed by atoms with Crippen LogP contribution in [0.5, 0.6) is 6.01 Å². The lowest BCUT2D eigenvalue weighted by Gasteiger charge is -2.10. The number of hydrogen-bond donors (Lipinski definition) is 2. The first kappa shape index (κ1) is 11.2. The summed E-state index contributed by atoms with van der Waals surface area (Å²) in [5.74, 6) is -0.0635. The molecule has 0 aliphatic rings. The predicted octanol–water partition coefficient (Wildman–Crippen LogP) is 0.748. The summed E-state index contributed by atoms with van der Waals surface area (Å²) in [5.41, 5.74) is 5.72. The molecular weight excluding hydrogens is 196 g/mol. The van der Waals surface area contributed by atoms with Gasteiger partial charge in [-0.2, -0.15) is 4.98 Å². The van der Waals surface area contributed by atoms with Gasteiger partial charge in [0, 0.05) is 6.20 Å². The van der Waals surface area contributed by atoms with Crippen LogP contribution < -0.4 is 10.5 Å². The van der Waals surface area contributed by atoms with Crippen LogP contribution in [0.25, 0.3) is 0 Å². The van der Waals surface area contributed by atoms with E-state index in [-0.39, 0.29) is 18.0 Å². The van der Waals surface area contributed by atoms with Crippen LogP contribution in [0.1, 0.15) is 26.0 Å². The quantitative estimate of drug-likeness (QED) is 0.331. The van der Waals surface area contributed by atoms with E-state index < -0.39 is 0 Å². The van der Waals surface area contributed by atoms with Crippen LogP contribution in [0.3, 0.4) is 0 Å². The Morgan fingerprint density at radius 3 is 3.07 bits per heavy atom. The van der Waals surface area contributed by atoms with E-state index in [2.05, 4.69) is 15.1 Å². The van der Waals surface area contributed by atoms with E-state index in [1.54, 1.807) is 6.07 Å². The lowest BCUT2D eigenvalue weighted by Crippen LogP contribution is -2.17. The number of nitrogens with zero attached hydrogens (tertiary/aromatic N) is 3. The molecule has 0 saturated heterocycles. The average molecular weight is 210 g/mol. The van der Waals surface area contributed by atoms with Gasteiger partial charge < -0.3 is 15.7 Å². The number of amidine groups is 1. The van der Waals surface area contributed by atoms with Crippen molar-refractivity contribution < 1.29 is 9.94 Å². The van der Waals surface area contributed by atoms with Crippen LogP contribution in [-0.4, -0.2) is 27.1 Å².